The van der Waals surface area contributed by atoms with E-state index in [-0.39, 0.29) is 26.4 Å². The number of hydrogen-bond donors (Lipinski definition) is 0. The summed E-state index contributed by atoms with van der Waals surface area (Å²) in [6.07, 6.45) is -7.54. The van der Waals surface area contributed by atoms with Gasteiger partial charge >= 0.3 is 5.97 Å². The first-order chi connectivity index (χ1) is 28.1. The SMILES string of the molecule is CC1(C)O[C@H]2[C@@H](O1)[C@@H](CO[C@@H]1OC(COCc3ccccc3)[C@@H](OCc3ccccc3)C(OCc3ccccc3)C1OC(=O)c1ccccc1)O[C@@H]1OC(C)(C)O[C@@H]12. The van der Waals surface area contributed by atoms with Crippen molar-refractivity contribution < 1.29 is 56.9 Å². The van der Waals surface area contributed by atoms with Gasteiger partial charge in [0.15, 0.2) is 30.3 Å². The van der Waals surface area contributed by atoms with Crippen LogP contribution in [0.3, 0.4) is 0 Å². The number of hydrogen-bond acceptors (Lipinski definition) is 12. The number of carbonyl (C=O) groups is 1. The normalized spacial score (nSPS) is 31.0. The largest absolute Gasteiger partial charge is 0.450 e. The van der Waals surface area contributed by atoms with Crippen LogP contribution in [-0.4, -0.2) is 92.2 Å². The fourth-order valence-electron chi connectivity index (χ4n) is 7.85. The van der Waals surface area contributed by atoms with Gasteiger partial charge in [-0.25, -0.2) is 4.79 Å². The molecular formula is C46H52O12. The summed E-state index contributed by atoms with van der Waals surface area (Å²) in [6, 6.07) is 38.3. The molecule has 3 unspecified atom stereocenters. The molecule has 4 saturated heterocycles. The molecule has 58 heavy (non-hydrogen) atoms. The Labute approximate surface area is 339 Å². The van der Waals surface area contributed by atoms with Gasteiger partial charge in [0.2, 0.25) is 0 Å². The van der Waals surface area contributed by atoms with Gasteiger partial charge in [0.25, 0.3) is 0 Å². The third-order valence-corrected chi connectivity index (χ3v) is 10.5. The Morgan fingerprint density at radius 3 is 1.66 bits per heavy atom. The fourth-order valence-corrected chi connectivity index (χ4v) is 7.85. The molecule has 4 aromatic carbocycles. The van der Waals surface area contributed by atoms with E-state index in [1.165, 1.54) is 0 Å². The number of esters is 1. The summed E-state index contributed by atoms with van der Waals surface area (Å²) in [5.74, 6) is -2.36. The molecule has 4 heterocycles. The van der Waals surface area contributed by atoms with Gasteiger partial charge in [0.1, 0.15) is 42.7 Å². The lowest BCUT2D eigenvalue weighted by Gasteiger charge is -2.46. The van der Waals surface area contributed by atoms with Gasteiger partial charge in [-0.1, -0.05) is 109 Å². The molecule has 308 valence electrons. The molecule has 0 aliphatic carbocycles. The fraction of sp³-hybridized carbons (Fsp3) is 0.457. The van der Waals surface area contributed by atoms with E-state index in [2.05, 4.69) is 0 Å². The molecule has 0 N–H and O–H groups in total. The van der Waals surface area contributed by atoms with Crippen LogP contribution in [0, 0.1) is 0 Å². The van der Waals surface area contributed by atoms with Gasteiger partial charge in [0, 0.05) is 0 Å². The Kier molecular flexibility index (Phi) is 12.7. The molecule has 0 bridgehead atoms. The second-order valence-electron chi connectivity index (χ2n) is 15.8. The minimum absolute atomic E-state index is 0.0315. The lowest BCUT2D eigenvalue weighted by Crippen LogP contribution is -2.63. The molecule has 4 fully saturated rings. The van der Waals surface area contributed by atoms with Gasteiger partial charge in [-0.05, 0) is 56.5 Å². The van der Waals surface area contributed by atoms with E-state index in [0.717, 1.165) is 16.7 Å². The standard InChI is InChI=1S/C46H52O12/c1-45(2)55-37-35(53-44-41(39(37)56-45)57-46(3,4)58-44)29-51-43-40(54-42(47)33-23-15-8-16-24-33)38(50-27-32-21-13-7-14-22-32)36(49-26-31-19-11-6-12-20-31)34(52-43)28-48-25-30-17-9-5-10-18-30/h5-24,34-41,43-44H,25-29H2,1-4H3/t34?,35-,36-,37+,38?,39+,40?,41-,43-,44-/m1/s1. The minimum Gasteiger partial charge on any atom is -0.450 e. The summed E-state index contributed by atoms with van der Waals surface area (Å²) < 4.78 is 71.3. The van der Waals surface area contributed by atoms with Crippen LogP contribution in [0.25, 0.3) is 0 Å². The highest BCUT2D eigenvalue weighted by Crippen LogP contribution is 2.44. The third kappa shape index (κ3) is 9.86. The van der Waals surface area contributed by atoms with E-state index in [1.807, 2.05) is 125 Å². The molecular weight excluding hydrogens is 744 g/mol. The Balaban J connectivity index is 1.11. The maximum Gasteiger partial charge on any atom is 0.338 e. The van der Waals surface area contributed by atoms with E-state index in [0.29, 0.717) is 12.2 Å². The summed E-state index contributed by atoms with van der Waals surface area (Å²) in [4.78, 5) is 13.9. The lowest BCUT2D eigenvalue weighted by atomic mass is 9.97. The third-order valence-electron chi connectivity index (χ3n) is 10.5. The van der Waals surface area contributed by atoms with Crippen LogP contribution in [0.4, 0.5) is 0 Å². The van der Waals surface area contributed by atoms with Crippen molar-refractivity contribution in [3.8, 4) is 0 Å². The Morgan fingerprint density at radius 2 is 1.03 bits per heavy atom. The molecule has 0 radical (unpaired) electrons. The predicted octanol–water partition coefficient (Wildman–Crippen LogP) is 6.74. The first-order valence-corrected chi connectivity index (χ1v) is 19.9. The Morgan fingerprint density at radius 1 is 0.517 bits per heavy atom. The maximum atomic E-state index is 13.9. The maximum absolute atomic E-state index is 13.9. The predicted molar refractivity (Wildman–Crippen MR) is 209 cm³/mol. The molecule has 4 aromatic rings. The van der Waals surface area contributed by atoms with Crippen LogP contribution in [0.15, 0.2) is 121 Å². The van der Waals surface area contributed by atoms with E-state index in [9.17, 15) is 4.79 Å². The van der Waals surface area contributed by atoms with E-state index < -0.39 is 79.0 Å². The van der Waals surface area contributed by atoms with E-state index in [1.54, 1.807) is 24.3 Å². The van der Waals surface area contributed by atoms with Crippen molar-refractivity contribution >= 4 is 5.97 Å². The van der Waals surface area contributed by atoms with E-state index >= 15 is 0 Å². The van der Waals surface area contributed by atoms with Gasteiger partial charge in [-0.3, -0.25) is 0 Å². The average molecular weight is 797 g/mol. The van der Waals surface area contributed by atoms with Gasteiger partial charge in [-0.15, -0.1) is 0 Å². The van der Waals surface area contributed by atoms with Gasteiger partial charge < -0.3 is 52.1 Å². The zero-order valence-electron chi connectivity index (χ0n) is 33.3. The molecule has 12 nitrogen and oxygen atoms in total. The highest BCUT2D eigenvalue weighted by atomic mass is 16.9. The summed E-state index contributed by atoms with van der Waals surface area (Å²) in [5, 5.41) is 0. The van der Waals surface area contributed by atoms with Crippen molar-refractivity contribution in [1.29, 1.82) is 0 Å². The van der Waals surface area contributed by atoms with Crippen LogP contribution < -0.4 is 0 Å². The summed E-state index contributed by atoms with van der Waals surface area (Å²) >= 11 is 0. The molecule has 0 spiro atoms. The number of ether oxygens (including phenoxy) is 11. The van der Waals surface area contributed by atoms with E-state index in [4.69, 9.17) is 52.1 Å². The number of carbonyl (C=O) groups excluding carboxylic acids is 1. The Bertz CT molecular complexity index is 1900. The molecule has 0 aromatic heterocycles. The van der Waals surface area contributed by atoms with Crippen molar-refractivity contribution in [3.63, 3.8) is 0 Å². The monoisotopic (exact) mass is 796 g/mol. The summed E-state index contributed by atoms with van der Waals surface area (Å²) in [5.41, 5.74) is 3.25. The molecule has 10 atom stereocenters. The number of benzene rings is 4. The zero-order chi connectivity index (χ0) is 40.1. The molecule has 4 aliphatic rings. The van der Waals surface area contributed by atoms with Crippen molar-refractivity contribution in [1.82, 2.24) is 0 Å². The molecule has 0 saturated carbocycles. The topological polar surface area (TPSA) is 119 Å². The second-order valence-corrected chi connectivity index (χ2v) is 15.8. The minimum atomic E-state index is -1.15. The molecule has 8 rings (SSSR count). The lowest BCUT2D eigenvalue weighted by molar-refractivity contribution is -0.328. The first kappa shape index (κ1) is 40.7. The van der Waals surface area contributed by atoms with Crippen LogP contribution in [0.2, 0.25) is 0 Å². The summed E-state index contributed by atoms with van der Waals surface area (Å²) in [6.45, 7) is 8.26. The van der Waals surface area contributed by atoms with Crippen molar-refractivity contribution in [3.05, 3.63) is 144 Å². The van der Waals surface area contributed by atoms with Crippen molar-refractivity contribution in [2.24, 2.45) is 0 Å². The van der Waals surface area contributed by atoms with Crippen LogP contribution in [0.5, 0.6) is 0 Å². The highest BCUT2D eigenvalue weighted by molar-refractivity contribution is 5.89. The van der Waals surface area contributed by atoms with Crippen molar-refractivity contribution in [2.45, 2.75) is 121 Å². The van der Waals surface area contributed by atoms with Crippen LogP contribution in [0.1, 0.15) is 54.7 Å². The molecule has 0 amide bonds. The number of rotatable bonds is 15. The number of fused-ring (bicyclic) bond motifs is 3. The summed E-state index contributed by atoms with van der Waals surface area (Å²) in [7, 11) is 0. The van der Waals surface area contributed by atoms with Gasteiger partial charge in [0.05, 0.1) is 38.6 Å². The Hall–Kier alpha value is -4.05. The molecule has 4 aliphatic heterocycles. The van der Waals surface area contributed by atoms with Crippen LogP contribution >= 0.6 is 0 Å². The molecule has 12 heteroatoms. The smallest absolute Gasteiger partial charge is 0.338 e. The van der Waals surface area contributed by atoms with Gasteiger partial charge in [-0.2, -0.15) is 0 Å². The van der Waals surface area contributed by atoms with Crippen LogP contribution in [-0.2, 0) is 71.9 Å². The first-order valence-electron chi connectivity index (χ1n) is 19.9. The highest BCUT2D eigenvalue weighted by Gasteiger charge is 2.61. The quantitative estimate of drug-likeness (QED) is 0.119. The zero-order valence-corrected chi connectivity index (χ0v) is 33.3. The van der Waals surface area contributed by atoms with Crippen molar-refractivity contribution in [2.75, 3.05) is 13.2 Å². The second kappa shape index (κ2) is 18.1. The average Bonchev–Trinajstić information content (AvgIpc) is 3.74.